The van der Waals surface area contributed by atoms with Crippen molar-refractivity contribution >= 4 is 11.6 Å². The normalized spacial score (nSPS) is 24.1. The standard InChI is InChI=1S/C13H14ClNO/c1-9-7-11(14)5-6-12(9)16-13-4-2-3-10(13)8-15/h5-7,10,13H,2-4H2,1H3. The van der Waals surface area contributed by atoms with E-state index in [1.807, 2.05) is 25.1 Å². The Balaban J connectivity index is 2.12. The summed E-state index contributed by atoms with van der Waals surface area (Å²) in [7, 11) is 0. The molecule has 3 heteroatoms. The summed E-state index contributed by atoms with van der Waals surface area (Å²) in [5.74, 6) is 0.881. The van der Waals surface area contributed by atoms with Gasteiger partial charge in [-0.05, 0) is 49.9 Å². The van der Waals surface area contributed by atoms with Crippen molar-refractivity contribution in [3.63, 3.8) is 0 Å². The smallest absolute Gasteiger partial charge is 0.122 e. The summed E-state index contributed by atoms with van der Waals surface area (Å²) < 4.78 is 5.88. The van der Waals surface area contributed by atoms with Gasteiger partial charge >= 0.3 is 0 Å². The largest absolute Gasteiger partial charge is 0.489 e. The third kappa shape index (κ3) is 2.31. The van der Waals surface area contributed by atoms with E-state index in [-0.39, 0.29) is 12.0 Å². The minimum absolute atomic E-state index is 0.0371. The van der Waals surface area contributed by atoms with E-state index in [0.717, 1.165) is 30.6 Å². The molecular weight excluding hydrogens is 222 g/mol. The Morgan fingerprint density at radius 1 is 1.44 bits per heavy atom. The lowest BCUT2D eigenvalue weighted by Gasteiger charge is -2.17. The fourth-order valence-electron chi connectivity index (χ4n) is 2.12. The quantitative estimate of drug-likeness (QED) is 0.783. The van der Waals surface area contributed by atoms with E-state index in [9.17, 15) is 0 Å². The van der Waals surface area contributed by atoms with Crippen LogP contribution in [0.25, 0.3) is 0 Å². The number of benzene rings is 1. The Kier molecular flexibility index (Phi) is 3.36. The van der Waals surface area contributed by atoms with E-state index in [2.05, 4.69) is 6.07 Å². The molecule has 1 fully saturated rings. The number of nitrogens with zero attached hydrogens (tertiary/aromatic N) is 1. The first-order chi connectivity index (χ1) is 7.70. The highest BCUT2D eigenvalue weighted by atomic mass is 35.5. The van der Waals surface area contributed by atoms with Crippen LogP contribution in [-0.4, -0.2) is 6.10 Å². The second-order valence-corrected chi connectivity index (χ2v) is 4.67. The monoisotopic (exact) mass is 235 g/mol. The summed E-state index contributed by atoms with van der Waals surface area (Å²) in [5, 5.41) is 9.69. The number of aryl methyl sites for hydroxylation is 1. The molecule has 0 radical (unpaired) electrons. The molecule has 2 atom stereocenters. The number of rotatable bonds is 2. The molecule has 0 heterocycles. The second kappa shape index (κ2) is 4.76. The Labute approximate surface area is 101 Å². The summed E-state index contributed by atoms with van der Waals surface area (Å²) in [4.78, 5) is 0. The van der Waals surface area contributed by atoms with Gasteiger partial charge in [-0.15, -0.1) is 0 Å². The molecule has 1 aromatic rings. The van der Waals surface area contributed by atoms with E-state index in [1.165, 1.54) is 0 Å². The van der Waals surface area contributed by atoms with Crippen LogP contribution >= 0.6 is 11.6 Å². The topological polar surface area (TPSA) is 33.0 Å². The van der Waals surface area contributed by atoms with Gasteiger partial charge in [-0.3, -0.25) is 0 Å². The van der Waals surface area contributed by atoms with Crippen molar-refractivity contribution in [3.8, 4) is 11.8 Å². The van der Waals surface area contributed by atoms with Gasteiger partial charge in [-0.2, -0.15) is 5.26 Å². The van der Waals surface area contributed by atoms with Gasteiger partial charge in [-0.1, -0.05) is 11.6 Å². The van der Waals surface area contributed by atoms with Crippen molar-refractivity contribution in [2.45, 2.75) is 32.3 Å². The molecule has 0 N–H and O–H groups in total. The van der Waals surface area contributed by atoms with Crippen LogP contribution in [0.5, 0.6) is 5.75 Å². The van der Waals surface area contributed by atoms with Crippen LogP contribution in [-0.2, 0) is 0 Å². The highest BCUT2D eigenvalue weighted by molar-refractivity contribution is 6.30. The van der Waals surface area contributed by atoms with Crippen molar-refractivity contribution < 1.29 is 4.74 Å². The average molecular weight is 236 g/mol. The van der Waals surface area contributed by atoms with Crippen LogP contribution in [0.3, 0.4) is 0 Å². The predicted octanol–water partition coefficient (Wildman–Crippen LogP) is 3.72. The van der Waals surface area contributed by atoms with Gasteiger partial charge in [0.1, 0.15) is 11.9 Å². The Bertz CT molecular complexity index is 424. The van der Waals surface area contributed by atoms with Gasteiger partial charge in [0.2, 0.25) is 0 Å². The van der Waals surface area contributed by atoms with Crippen molar-refractivity contribution in [1.82, 2.24) is 0 Å². The molecule has 1 saturated carbocycles. The zero-order valence-electron chi connectivity index (χ0n) is 9.24. The molecule has 0 saturated heterocycles. The number of halogens is 1. The van der Waals surface area contributed by atoms with Crippen molar-refractivity contribution in [1.29, 1.82) is 5.26 Å². The average Bonchev–Trinajstić information content (AvgIpc) is 2.69. The van der Waals surface area contributed by atoms with Crippen LogP contribution in [0, 0.1) is 24.2 Å². The maximum atomic E-state index is 8.98. The minimum atomic E-state index is 0.0371. The van der Waals surface area contributed by atoms with E-state index in [1.54, 1.807) is 0 Å². The van der Waals surface area contributed by atoms with Gasteiger partial charge in [0.25, 0.3) is 0 Å². The SMILES string of the molecule is Cc1cc(Cl)ccc1OC1CCCC1C#N. The molecule has 0 aliphatic heterocycles. The first-order valence-corrected chi connectivity index (χ1v) is 5.91. The van der Waals surface area contributed by atoms with Gasteiger partial charge in [-0.25, -0.2) is 0 Å². The lowest BCUT2D eigenvalue weighted by atomic mass is 10.1. The molecule has 1 aromatic carbocycles. The lowest BCUT2D eigenvalue weighted by molar-refractivity contribution is 0.181. The zero-order chi connectivity index (χ0) is 11.5. The number of nitriles is 1. The number of hydrogen-bond donors (Lipinski definition) is 0. The molecule has 84 valence electrons. The van der Waals surface area contributed by atoms with Gasteiger partial charge in [0, 0.05) is 5.02 Å². The van der Waals surface area contributed by atoms with Crippen LogP contribution in [0.1, 0.15) is 24.8 Å². The fourth-order valence-corrected chi connectivity index (χ4v) is 2.35. The molecule has 1 aliphatic rings. The van der Waals surface area contributed by atoms with Gasteiger partial charge in [0.05, 0.1) is 12.0 Å². The maximum Gasteiger partial charge on any atom is 0.122 e. The van der Waals surface area contributed by atoms with E-state index < -0.39 is 0 Å². The molecule has 2 unspecified atom stereocenters. The first kappa shape index (κ1) is 11.3. The van der Waals surface area contributed by atoms with Gasteiger partial charge in [0.15, 0.2) is 0 Å². The number of ether oxygens (including phenoxy) is 1. The van der Waals surface area contributed by atoms with Crippen LogP contribution in [0.4, 0.5) is 0 Å². The van der Waals surface area contributed by atoms with Crippen molar-refractivity contribution in [3.05, 3.63) is 28.8 Å². The molecule has 1 aliphatic carbocycles. The van der Waals surface area contributed by atoms with Crippen LogP contribution < -0.4 is 4.74 Å². The maximum absolute atomic E-state index is 8.98. The minimum Gasteiger partial charge on any atom is -0.489 e. The molecule has 16 heavy (non-hydrogen) atoms. The van der Waals surface area contributed by atoms with E-state index in [0.29, 0.717) is 5.02 Å². The molecule has 2 rings (SSSR count). The second-order valence-electron chi connectivity index (χ2n) is 4.23. The Morgan fingerprint density at radius 2 is 2.25 bits per heavy atom. The summed E-state index contributed by atoms with van der Waals surface area (Å²) in [6, 6.07) is 7.90. The fraction of sp³-hybridized carbons (Fsp3) is 0.462. The summed E-state index contributed by atoms with van der Waals surface area (Å²) in [6.07, 6.45) is 3.05. The lowest BCUT2D eigenvalue weighted by Crippen LogP contribution is -2.20. The summed E-state index contributed by atoms with van der Waals surface area (Å²) in [5.41, 5.74) is 1.02. The Hall–Kier alpha value is -1.20. The predicted molar refractivity (Wildman–Crippen MR) is 63.6 cm³/mol. The van der Waals surface area contributed by atoms with E-state index in [4.69, 9.17) is 21.6 Å². The summed E-state index contributed by atoms with van der Waals surface area (Å²) in [6.45, 7) is 1.97. The first-order valence-electron chi connectivity index (χ1n) is 5.53. The third-order valence-electron chi connectivity index (χ3n) is 3.03. The summed E-state index contributed by atoms with van der Waals surface area (Å²) >= 11 is 5.88. The van der Waals surface area contributed by atoms with Crippen LogP contribution in [0.2, 0.25) is 5.02 Å². The molecule has 0 spiro atoms. The van der Waals surface area contributed by atoms with Crippen molar-refractivity contribution in [2.75, 3.05) is 0 Å². The third-order valence-corrected chi connectivity index (χ3v) is 3.27. The highest BCUT2D eigenvalue weighted by Gasteiger charge is 2.29. The Morgan fingerprint density at radius 3 is 2.94 bits per heavy atom. The van der Waals surface area contributed by atoms with Crippen LogP contribution in [0.15, 0.2) is 18.2 Å². The molecule has 0 amide bonds. The molecule has 0 aromatic heterocycles. The van der Waals surface area contributed by atoms with Crippen molar-refractivity contribution in [2.24, 2.45) is 5.92 Å². The van der Waals surface area contributed by atoms with Gasteiger partial charge < -0.3 is 4.74 Å². The molecular formula is C13H14ClNO. The molecule has 2 nitrogen and oxygen atoms in total. The molecule has 0 bridgehead atoms. The van der Waals surface area contributed by atoms with E-state index >= 15 is 0 Å². The number of hydrogen-bond acceptors (Lipinski definition) is 2. The zero-order valence-corrected chi connectivity index (χ0v) is 10.00. The highest BCUT2D eigenvalue weighted by Crippen LogP contribution is 2.31.